The van der Waals surface area contributed by atoms with Gasteiger partial charge in [0.2, 0.25) is 0 Å². The van der Waals surface area contributed by atoms with E-state index in [4.69, 9.17) is 0 Å². The second kappa shape index (κ2) is 7.69. The van der Waals surface area contributed by atoms with E-state index in [9.17, 15) is 9.59 Å². The normalized spacial score (nSPS) is 10.0. The summed E-state index contributed by atoms with van der Waals surface area (Å²) in [5, 5.41) is 8.01. The largest absolute Gasteiger partial charge is 0.341 e. The first-order chi connectivity index (χ1) is 11.0. The lowest BCUT2D eigenvalue weighted by molar-refractivity contribution is 0.102. The third-order valence-corrected chi connectivity index (χ3v) is 4.02. The number of aryl methyl sites for hydroxylation is 1. The van der Waals surface area contributed by atoms with Crippen molar-refractivity contribution in [2.24, 2.45) is 0 Å². The topological polar surface area (TPSA) is 70.2 Å². The van der Waals surface area contributed by atoms with Crippen LogP contribution in [0.4, 0.5) is 16.2 Å². The van der Waals surface area contributed by atoms with Crippen LogP contribution in [0.5, 0.6) is 0 Å². The van der Waals surface area contributed by atoms with Gasteiger partial charge in [0.05, 0.1) is 0 Å². The van der Waals surface area contributed by atoms with Crippen molar-refractivity contribution in [1.82, 2.24) is 5.32 Å². The van der Waals surface area contributed by atoms with E-state index < -0.39 is 0 Å². The van der Waals surface area contributed by atoms with E-state index in [0.717, 1.165) is 10.5 Å². The Morgan fingerprint density at radius 3 is 2.35 bits per heavy atom. The van der Waals surface area contributed by atoms with Gasteiger partial charge in [-0.3, -0.25) is 4.79 Å². The maximum absolute atomic E-state index is 12.5. The van der Waals surface area contributed by atoms with Gasteiger partial charge < -0.3 is 16.0 Å². The first kappa shape index (κ1) is 16.9. The zero-order chi connectivity index (χ0) is 16.8. The van der Waals surface area contributed by atoms with Gasteiger partial charge in [0.1, 0.15) is 0 Å². The monoisotopic (exact) mass is 329 g/mol. The summed E-state index contributed by atoms with van der Waals surface area (Å²) in [6.07, 6.45) is 1.97. The van der Waals surface area contributed by atoms with Gasteiger partial charge in [0.25, 0.3) is 5.91 Å². The van der Waals surface area contributed by atoms with Crippen molar-refractivity contribution in [2.75, 3.05) is 23.9 Å². The van der Waals surface area contributed by atoms with E-state index in [1.165, 1.54) is 0 Å². The molecule has 0 aromatic heterocycles. The van der Waals surface area contributed by atoms with Crippen molar-refractivity contribution in [2.45, 2.75) is 11.8 Å². The summed E-state index contributed by atoms with van der Waals surface area (Å²) in [6, 6.07) is 12.5. The molecule has 0 aliphatic carbocycles. The van der Waals surface area contributed by atoms with Gasteiger partial charge in [0.15, 0.2) is 0 Å². The van der Waals surface area contributed by atoms with Gasteiger partial charge in [-0.2, -0.15) is 0 Å². The summed E-state index contributed by atoms with van der Waals surface area (Å²) in [7, 11) is 1.54. The number of benzene rings is 2. The fourth-order valence-electron chi connectivity index (χ4n) is 2.04. The Kier molecular flexibility index (Phi) is 5.65. The molecule has 0 heterocycles. The summed E-state index contributed by atoms with van der Waals surface area (Å²) in [4.78, 5) is 24.8. The molecule has 0 unspecified atom stereocenters. The number of carbonyl (C=O) groups excluding carboxylic acids is 2. The van der Waals surface area contributed by atoms with Crippen LogP contribution in [0, 0.1) is 6.92 Å². The fraction of sp³-hybridized carbons (Fsp3) is 0.176. The number of rotatable bonds is 4. The Morgan fingerprint density at radius 1 is 1.00 bits per heavy atom. The summed E-state index contributed by atoms with van der Waals surface area (Å²) >= 11 is 1.59. The molecule has 2 aromatic rings. The van der Waals surface area contributed by atoms with Crippen LogP contribution in [-0.2, 0) is 0 Å². The molecule has 0 spiro atoms. The minimum atomic E-state index is -0.308. The first-order valence-electron chi connectivity index (χ1n) is 7.08. The SMILES string of the molecule is CNC(=O)Nc1cccc(NC(=O)c2cc(SC)ccc2C)c1. The van der Waals surface area contributed by atoms with Crippen LogP contribution in [0.15, 0.2) is 47.4 Å². The molecule has 2 aromatic carbocycles. The van der Waals surface area contributed by atoms with Crippen molar-refractivity contribution in [3.8, 4) is 0 Å². The van der Waals surface area contributed by atoms with Crippen LogP contribution in [-0.4, -0.2) is 25.2 Å². The van der Waals surface area contributed by atoms with E-state index in [1.54, 1.807) is 43.1 Å². The van der Waals surface area contributed by atoms with Crippen molar-refractivity contribution < 1.29 is 9.59 Å². The number of anilines is 2. The van der Waals surface area contributed by atoms with E-state index in [-0.39, 0.29) is 11.9 Å². The Balaban J connectivity index is 2.17. The molecule has 0 radical (unpaired) electrons. The summed E-state index contributed by atoms with van der Waals surface area (Å²) in [5.41, 5.74) is 2.79. The predicted octanol–water partition coefficient (Wildman–Crippen LogP) is 3.72. The van der Waals surface area contributed by atoms with Crippen molar-refractivity contribution in [3.63, 3.8) is 0 Å². The fourth-order valence-corrected chi connectivity index (χ4v) is 2.48. The van der Waals surface area contributed by atoms with Gasteiger partial charge >= 0.3 is 6.03 Å². The Bertz CT molecular complexity index is 732. The lowest BCUT2D eigenvalue weighted by Crippen LogP contribution is -2.24. The molecule has 2 rings (SSSR count). The van der Waals surface area contributed by atoms with E-state index in [0.29, 0.717) is 16.9 Å². The van der Waals surface area contributed by atoms with Crippen LogP contribution >= 0.6 is 11.8 Å². The second-order valence-electron chi connectivity index (χ2n) is 4.92. The summed E-state index contributed by atoms with van der Waals surface area (Å²) in [6.45, 7) is 1.91. The molecule has 0 atom stereocenters. The zero-order valence-electron chi connectivity index (χ0n) is 13.3. The molecular formula is C17H19N3O2S. The van der Waals surface area contributed by atoms with Gasteiger partial charge in [0, 0.05) is 28.9 Å². The van der Waals surface area contributed by atoms with E-state index >= 15 is 0 Å². The number of amides is 3. The van der Waals surface area contributed by atoms with Crippen LogP contribution in [0.1, 0.15) is 15.9 Å². The van der Waals surface area contributed by atoms with Crippen LogP contribution in [0.2, 0.25) is 0 Å². The Hall–Kier alpha value is -2.47. The second-order valence-corrected chi connectivity index (χ2v) is 5.80. The average Bonchev–Trinajstić information content (AvgIpc) is 2.55. The molecule has 120 valence electrons. The number of thioether (sulfide) groups is 1. The third-order valence-electron chi connectivity index (χ3n) is 3.29. The maximum Gasteiger partial charge on any atom is 0.318 e. The molecule has 23 heavy (non-hydrogen) atoms. The Labute approximate surface area is 139 Å². The number of urea groups is 1. The molecule has 3 amide bonds. The van der Waals surface area contributed by atoms with Crippen LogP contribution in [0.3, 0.4) is 0 Å². The van der Waals surface area contributed by atoms with Gasteiger partial charge in [-0.15, -0.1) is 11.8 Å². The Morgan fingerprint density at radius 2 is 1.70 bits per heavy atom. The van der Waals surface area contributed by atoms with E-state index in [2.05, 4.69) is 16.0 Å². The minimum absolute atomic E-state index is 0.171. The molecular weight excluding hydrogens is 310 g/mol. The molecule has 6 heteroatoms. The molecule has 3 N–H and O–H groups in total. The smallest absolute Gasteiger partial charge is 0.318 e. The van der Waals surface area contributed by atoms with E-state index in [1.807, 2.05) is 31.4 Å². The summed E-state index contributed by atoms with van der Waals surface area (Å²) in [5.74, 6) is -0.171. The van der Waals surface area contributed by atoms with Crippen LogP contribution in [0.25, 0.3) is 0 Å². The molecule has 0 aliphatic heterocycles. The lowest BCUT2D eigenvalue weighted by Gasteiger charge is -2.11. The average molecular weight is 329 g/mol. The third kappa shape index (κ3) is 4.50. The molecule has 0 saturated heterocycles. The van der Waals surface area contributed by atoms with Gasteiger partial charge in [-0.05, 0) is 49.1 Å². The van der Waals surface area contributed by atoms with Crippen molar-refractivity contribution >= 4 is 35.1 Å². The zero-order valence-corrected chi connectivity index (χ0v) is 14.1. The highest BCUT2D eigenvalue weighted by Crippen LogP contribution is 2.21. The van der Waals surface area contributed by atoms with Gasteiger partial charge in [-0.25, -0.2) is 4.79 Å². The quantitative estimate of drug-likeness (QED) is 0.749. The number of nitrogens with one attached hydrogen (secondary N) is 3. The molecule has 0 fully saturated rings. The van der Waals surface area contributed by atoms with Gasteiger partial charge in [-0.1, -0.05) is 12.1 Å². The van der Waals surface area contributed by atoms with Crippen LogP contribution < -0.4 is 16.0 Å². The number of hydrogen-bond acceptors (Lipinski definition) is 3. The predicted molar refractivity (Wildman–Crippen MR) is 95.4 cm³/mol. The van der Waals surface area contributed by atoms with Crippen molar-refractivity contribution in [1.29, 1.82) is 0 Å². The molecule has 0 bridgehead atoms. The lowest BCUT2D eigenvalue weighted by atomic mass is 10.1. The molecule has 0 aliphatic rings. The van der Waals surface area contributed by atoms with Crippen molar-refractivity contribution in [3.05, 3.63) is 53.6 Å². The highest BCUT2D eigenvalue weighted by molar-refractivity contribution is 7.98. The standard InChI is InChI=1S/C17H19N3O2S/c1-11-7-8-14(23-3)10-15(11)16(21)19-12-5-4-6-13(9-12)20-17(22)18-2/h4-10H,1-3H3,(H,19,21)(H2,18,20,22). The maximum atomic E-state index is 12.5. The first-order valence-corrected chi connectivity index (χ1v) is 8.30. The summed E-state index contributed by atoms with van der Waals surface area (Å²) < 4.78 is 0. The highest BCUT2D eigenvalue weighted by atomic mass is 32.2. The number of carbonyl (C=O) groups is 2. The number of hydrogen-bond donors (Lipinski definition) is 3. The highest BCUT2D eigenvalue weighted by Gasteiger charge is 2.11. The molecule has 5 nitrogen and oxygen atoms in total. The molecule has 0 saturated carbocycles. The minimum Gasteiger partial charge on any atom is -0.341 e.